The number of aromatic nitrogens is 1. The minimum atomic E-state index is -3.33. The van der Waals surface area contributed by atoms with Crippen molar-refractivity contribution in [3.05, 3.63) is 53.6 Å². The number of rotatable bonds is 3. The molecule has 1 amide bonds. The van der Waals surface area contributed by atoms with Gasteiger partial charge in [-0.3, -0.25) is 10.1 Å². The molecule has 0 spiro atoms. The van der Waals surface area contributed by atoms with Crippen LogP contribution in [-0.2, 0) is 25.8 Å². The summed E-state index contributed by atoms with van der Waals surface area (Å²) in [6, 6.07) is 11.6. The second-order valence-corrected chi connectivity index (χ2v) is 9.21. The fourth-order valence-electron chi connectivity index (χ4n) is 2.85. The number of nitrogens with zero attached hydrogens (tertiary/aromatic N) is 1. The molecule has 0 saturated heterocycles. The Morgan fingerprint density at radius 2 is 2.04 bits per heavy atom. The number of sulfone groups is 1. The number of amides is 1. The Labute approximate surface area is 158 Å². The van der Waals surface area contributed by atoms with Crippen molar-refractivity contribution >= 4 is 48.4 Å². The van der Waals surface area contributed by atoms with Gasteiger partial charge >= 0.3 is 5.97 Å². The summed E-state index contributed by atoms with van der Waals surface area (Å²) in [7, 11) is -3.33. The molecule has 1 N–H and O–H groups in total. The van der Waals surface area contributed by atoms with Gasteiger partial charge in [0.15, 0.2) is 21.1 Å². The van der Waals surface area contributed by atoms with Gasteiger partial charge in [0, 0.05) is 12.7 Å². The zero-order valence-corrected chi connectivity index (χ0v) is 15.8. The molecule has 138 valence electrons. The Morgan fingerprint density at radius 3 is 2.81 bits per heavy atom. The van der Waals surface area contributed by atoms with Crippen LogP contribution in [-0.4, -0.2) is 37.6 Å². The van der Waals surface area contributed by atoms with Gasteiger partial charge in [-0.25, -0.2) is 18.2 Å². The molecule has 1 atom stereocenters. The molecule has 1 unspecified atom stereocenters. The Balaban J connectivity index is 1.56. The fraction of sp³-hybridized carbons (Fsp3) is 0.167. The molecule has 4 rings (SSSR count). The van der Waals surface area contributed by atoms with Crippen LogP contribution in [0, 0.1) is 0 Å². The van der Waals surface area contributed by atoms with Gasteiger partial charge in [-0.2, -0.15) is 0 Å². The van der Waals surface area contributed by atoms with E-state index in [2.05, 4.69) is 10.3 Å². The summed E-state index contributed by atoms with van der Waals surface area (Å²) in [4.78, 5) is 29.0. The van der Waals surface area contributed by atoms with E-state index in [1.165, 1.54) is 12.1 Å². The van der Waals surface area contributed by atoms with Crippen LogP contribution < -0.4 is 5.32 Å². The number of nitrogens with one attached hydrogen (secondary N) is 1. The topological polar surface area (TPSA) is 102 Å². The van der Waals surface area contributed by atoms with Gasteiger partial charge in [-0.15, -0.1) is 0 Å². The fourth-order valence-corrected chi connectivity index (χ4v) is 4.48. The van der Waals surface area contributed by atoms with Crippen LogP contribution in [0.25, 0.3) is 10.2 Å². The number of cyclic esters (lactones) is 1. The van der Waals surface area contributed by atoms with Gasteiger partial charge in [0.25, 0.3) is 5.91 Å². The molecule has 2 heterocycles. The molecule has 9 heteroatoms. The van der Waals surface area contributed by atoms with Gasteiger partial charge in [-0.05, 0) is 29.8 Å². The van der Waals surface area contributed by atoms with E-state index in [1.54, 1.807) is 30.3 Å². The molecule has 7 nitrogen and oxygen atoms in total. The predicted molar refractivity (Wildman–Crippen MR) is 101 cm³/mol. The van der Waals surface area contributed by atoms with Crippen molar-refractivity contribution in [1.29, 1.82) is 0 Å². The largest absolute Gasteiger partial charge is 0.448 e. The lowest BCUT2D eigenvalue weighted by atomic mass is 9.98. The molecule has 0 aliphatic carbocycles. The summed E-state index contributed by atoms with van der Waals surface area (Å²) in [5.41, 5.74) is 1.81. The SMILES string of the molecule is CS(=O)(=O)c1ccc2nc(NC(=O)C3Cc4ccccc4C(=O)O3)sc2c1. The summed E-state index contributed by atoms with van der Waals surface area (Å²) in [6.07, 6.45) is 0.482. The molecule has 2 aromatic carbocycles. The second-order valence-electron chi connectivity index (χ2n) is 6.17. The van der Waals surface area contributed by atoms with E-state index in [1.807, 2.05) is 0 Å². The molecule has 3 aromatic rings. The number of anilines is 1. The zero-order valence-electron chi connectivity index (χ0n) is 14.1. The van der Waals surface area contributed by atoms with E-state index in [4.69, 9.17) is 4.74 Å². The predicted octanol–water partition coefficient (Wildman–Crippen LogP) is 2.42. The second kappa shape index (κ2) is 6.43. The number of ether oxygens (including phenoxy) is 1. The van der Waals surface area contributed by atoms with Crippen molar-refractivity contribution in [2.75, 3.05) is 11.6 Å². The quantitative estimate of drug-likeness (QED) is 0.675. The third kappa shape index (κ3) is 3.43. The Kier molecular flexibility index (Phi) is 4.20. The van der Waals surface area contributed by atoms with Gasteiger partial charge in [0.1, 0.15) is 0 Å². The van der Waals surface area contributed by atoms with Crippen LogP contribution in [0.15, 0.2) is 47.4 Å². The Morgan fingerprint density at radius 1 is 1.26 bits per heavy atom. The van der Waals surface area contributed by atoms with Crippen LogP contribution in [0.2, 0.25) is 0 Å². The van der Waals surface area contributed by atoms with Crippen molar-refractivity contribution in [3.63, 3.8) is 0 Å². The van der Waals surface area contributed by atoms with Crippen molar-refractivity contribution in [2.45, 2.75) is 17.4 Å². The lowest BCUT2D eigenvalue weighted by molar-refractivity contribution is -0.125. The summed E-state index contributed by atoms with van der Waals surface area (Å²) in [5.74, 6) is -1.00. The maximum Gasteiger partial charge on any atom is 0.339 e. The molecular weight excluding hydrogens is 388 g/mol. The highest BCUT2D eigenvalue weighted by Crippen LogP contribution is 2.29. The number of hydrogen-bond donors (Lipinski definition) is 1. The molecule has 1 aliphatic heterocycles. The van der Waals surface area contributed by atoms with Crippen molar-refractivity contribution in [2.24, 2.45) is 0 Å². The highest BCUT2D eigenvalue weighted by atomic mass is 32.2. The first-order valence-corrected chi connectivity index (χ1v) is 10.7. The average molecular weight is 402 g/mol. The molecule has 0 bridgehead atoms. The highest BCUT2D eigenvalue weighted by molar-refractivity contribution is 7.90. The smallest absolute Gasteiger partial charge is 0.339 e. The lowest BCUT2D eigenvalue weighted by Gasteiger charge is -2.23. The molecule has 0 radical (unpaired) electrons. The van der Waals surface area contributed by atoms with Crippen molar-refractivity contribution in [1.82, 2.24) is 4.98 Å². The van der Waals surface area contributed by atoms with E-state index in [9.17, 15) is 18.0 Å². The third-order valence-corrected chi connectivity index (χ3v) is 6.25. The summed E-state index contributed by atoms with van der Waals surface area (Å²) >= 11 is 1.16. The summed E-state index contributed by atoms with van der Waals surface area (Å²) in [6.45, 7) is 0. The van der Waals surface area contributed by atoms with E-state index in [0.717, 1.165) is 23.2 Å². The number of carbonyl (C=O) groups is 2. The number of thiazole rings is 1. The van der Waals surface area contributed by atoms with E-state index >= 15 is 0 Å². The molecular formula is C18H14N2O5S2. The van der Waals surface area contributed by atoms with Crippen LogP contribution >= 0.6 is 11.3 Å². The number of benzene rings is 2. The number of hydrogen-bond acceptors (Lipinski definition) is 7. The highest BCUT2D eigenvalue weighted by Gasteiger charge is 2.31. The minimum absolute atomic E-state index is 0.189. The zero-order chi connectivity index (χ0) is 19.2. The first kappa shape index (κ1) is 17.6. The van der Waals surface area contributed by atoms with Gasteiger partial charge < -0.3 is 4.74 Å². The Bertz CT molecular complexity index is 1180. The molecule has 0 saturated carbocycles. The number of carbonyl (C=O) groups excluding carboxylic acids is 2. The molecule has 0 fully saturated rings. The van der Waals surface area contributed by atoms with Gasteiger partial charge in [-0.1, -0.05) is 29.5 Å². The van der Waals surface area contributed by atoms with E-state index in [-0.39, 0.29) is 11.3 Å². The normalized spacial score (nSPS) is 16.6. The third-order valence-electron chi connectivity index (χ3n) is 4.20. The average Bonchev–Trinajstić information content (AvgIpc) is 3.02. The van der Waals surface area contributed by atoms with Gasteiger partial charge in [0.2, 0.25) is 0 Å². The molecule has 1 aliphatic rings. The summed E-state index contributed by atoms with van der Waals surface area (Å²) < 4.78 is 29.2. The Hall–Kier alpha value is -2.78. The van der Waals surface area contributed by atoms with Crippen LogP contribution in [0.4, 0.5) is 5.13 Å². The van der Waals surface area contributed by atoms with Crippen LogP contribution in [0.1, 0.15) is 15.9 Å². The monoisotopic (exact) mass is 402 g/mol. The van der Waals surface area contributed by atoms with Crippen molar-refractivity contribution < 1.29 is 22.7 Å². The number of esters is 1. The van der Waals surface area contributed by atoms with Crippen LogP contribution in [0.3, 0.4) is 0 Å². The minimum Gasteiger partial charge on any atom is -0.448 e. The summed E-state index contributed by atoms with van der Waals surface area (Å²) in [5, 5.41) is 2.97. The van der Waals surface area contributed by atoms with Gasteiger partial charge in [0.05, 0.1) is 20.7 Å². The standard InChI is InChI=1S/C18H14N2O5S2/c1-27(23,24)11-6-7-13-15(9-11)26-18(19-13)20-16(21)14-8-10-4-2-3-5-12(10)17(22)25-14/h2-7,9,14H,8H2,1H3,(H,19,20,21). The van der Waals surface area contributed by atoms with E-state index in [0.29, 0.717) is 20.9 Å². The first-order valence-electron chi connectivity index (χ1n) is 8.02. The van der Waals surface area contributed by atoms with Crippen molar-refractivity contribution in [3.8, 4) is 0 Å². The van der Waals surface area contributed by atoms with E-state index < -0.39 is 27.8 Å². The molecule has 1 aromatic heterocycles. The maximum absolute atomic E-state index is 12.5. The number of fused-ring (bicyclic) bond motifs is 2. The maximum atomic E-state index is 12.5. The van der Waals surface area contributed by atoms with Crippen LogP contribution in [0.5, 0.6) is 0 Å². The first-order chi connectivity index (χ1) is 12.8. The molecule has 27 heavy (non-hydrogen) atoms. The lowest BCUT2D eigenvalue weighted by Crippen LogP contribution is -2.37.